The van der Waals surface area contributed by atoms with Gasteiger partial charge >= 0.3 is 0 Å². The number of aromatic amines is 1. The van der Waals surface area contributed by atoms with E-state index in [1.54, 1.807) is 24.3 Å². The summed E-state index contributed by atoms with van der Waals surface area (Å²) in [6, 6.07) is 8.08. The monoisotopic (exact) mass is 278 g/mol. The molecule has 2 rings (SSSR count). The Morgan fingerprint density at radius 1 is 1.37 bits per heavy atom. The van der Waals surface area contributed by atoms with Crippen molar-refractivity contribution in [1.29, 1.82) is 5.26 Å². The van der Waals surface area contributed by atoms with Gasteiger partial charge in [-0.05, 0) is 24.3 Å². The summed E-state index contributed by atoms with van der Waals surface area (Å²) in [6.07, 6.45) is 2.50. The summed E-state index contributed by atoms with van der Waals surface area (Å²) in [6.45, 7) is -0.0555. The van der Waals surface area contributed by atoms with E-state index in [0.29, 0.717) is 11.4 Å². The maximum Gasteiger partial charge on any atom is 0.265 e. The van der Waals surface area contributed by atoms with Gasteiger partial charge in [-0.2, -0.15) is 10.4 Å². The summed E-state index contributed by atoms with van der Waals surface area (Å²) in [4.78, 5) is 0.0531. The predicted octanol–water partition coefficient (Wildman–Crippen LogP) is 1.11. The van der Waals surface area contributed by atoms with Crippen molar-refractivity contribution in [1.82, 2.24) is 10.2 Å². The summed E-state index contributed by atoms with van der Waals surface area (Å²) in [5, 5.41) is 14.4. The van der Waals surface area contributed by atoms with Crippen LogP contribution in [0.15, 0.2) is 41.6 Å². The highest BCUT2D eigenvalue weighted by Crippen LogP contribution is 2.18. The third-order valence-corrected chi connectivity index (χ3v) is 3.54. The van der Waals surface area contributed by atoms with Gasteiger partial charge in [0.05, 0.1) is 6.20 Å². The molecule has 7 nitrogen and oxygen atoms in total. The molecule has 0 spiro atoms. The molecule has 2 aromatic rings. The van der Waals surface area contributed by atoms with Crippen LogP contribution in [0.2, 0.25) is 0 Å². The zero-order valence-corrected chi connectivity index (χ0v) is 10.5. The fourth-order valence-electron chi connectivity index (χ4n) is 1.33. The van der Waals surface area contributed by atoms with Gasteiger partial charge in [-0.25, -0.2) is 8.42 Å². The summed E-state index contributed by atoms with van der Waals surface area (Å²) in [7, 11) is -3.64. The third-order valence-electron chi connectivity index (χ3n) is 2.19. The Labute approximate surface area is 109 Å². The number of hydrogen-bond donors (Lipinski definition) is 2. The molecule has 0 atom stereocenters. The normalized spacial score (nSPS) is 10.7. The molecular formula is C11H10N4O3S. The SMILES string of the molecule is N#CCOc1ccc(NS(=O)(=O)c2cn[nH]c2)cc1. The van der Waals surface area contributed by atoms with Crippen molar-refractivity contribution in [3.63, 3.8) is 0 Å². The molecule has 98 valence electrons. The van der Waals surface area contributed by atoms with Crippen molar-refractivity contribution in [2.24, 2.45) is 0 Å². The number of nitriles is 1. The van der Waals surface area contributed by atoms with Crippen LogP contribution in [0, 0.1) is 11.3 Å². The Hall–Kier alpha value is -2.53. The van der Waals surface area contributed by atoms with Crippen LogP contribution in [0.5, 0.6) is 5.75 Å². The molecule has 19 heavy (non-hydrogen) atoms. The van der Waals surface area contributed by atoms with E-state index in [-0.39, 0.29) is 11.5 Å². The molecule has 0 saturated heterocycles. The van der Waals surface area contributed by atoms with Crippen molar-refractivity contribution < 1.29 is 13.2 Å². The van der Waals surface area contributed by atoms with Gasteiger partial charge in [0.25, 0.3) is 10.0 Å². The van der Waals surface area contributed by atoms with Crippen LogP contribution in [0.3, 0.4) is 0 Å². The van der Waals surface area contributed by atoms with Crippen molar-refractivity contribution in [2.45, 2.75) is 4.90 Å². The van der Waals surface area contributed by atoms with Crippen LogP contribution < -0.4 is 9.46 Å². The number of ether oxygens (including phenoxy) is 1. The van der Waals surface area contributed by atoms with Crippen LogP contribution >= 0.6 is 0 Å². The lowest BCUT2D eigenvalue weighted by Gasteiger charge is -2.07. The maximum absolute atomic E-state index is 11.9. The van der Waals surface area contributed by atoms with E-state index >= 15 is 0 Å². The van der Waals surface area contributed by atoms with Crippen molar-refractivity contribution in [2.75, 3.05) is 11.3 Å². The third kappa shape index (κ3) is 3.23. The molecule has 0 amide bonds. The fraction of sp³-hybridized carbons (Fsp3) is 0.0909. The van der Waals surface area contributed by atoms with E-state index in [1.807, 2.05) is 6.07 Å². The van der Waals surface area contributed by atoms with Crippen LogP contribution in [-0.4, -0.2) is 25.2 Å². The first kappa shape index (κ1) is 12.9. The topological polar surface area (TPSA) is 108 Å². The lowest BCUT2D eigenvalue weighted by atomic mass is 10.3. The second kappa shape index (κ2) is 5.41. The molecule has 0 aliphatic heterocycles. The number of aromatic nitrogens is 2. The minimum Gasteiger partial charge on any atom is -0.479 e. The summed E-state index contributed by atoms with van der Waals surface area (Å²) in [5.74, 6) is 0.493. The zero-order chi connectivity index (χ0) is 13.7. The number of H-pyrrole nitrogens is 1. The minimum absolute atomic E-state index is 0.0531. The highest BCUT2D eigenvalue weighted by atomic mass is 32.2. The van der Waals surface area contributed by atoms with Gasteiger partial charge in [0.1, 0.15) is 16.7 Å². The number of rotatable bonds is 5. The summed E-state index contributed by atoms with van der Waals surface area (Å²) < 4.78 is 31.2. The molecule has 1 aromatic carbocycles. The van der Waals surface area contributed by atoms with Gasteiger partial charge in [0.15, 0.2) is 6.61 Å². The van der Waals surface area contributed by atoms with Gasteiger partial charge < -0.3 is 4.74 Å². The van der Waals surface area contributed by atoms with E-state index in [9.17, 15) is 8.42 Å². The van der Waals surface area contributed by atoms with Gasteiger partial charge in [0, 0.05) is 11.9 Å². The molecule has 0 bridgehead atoms. The molecule has 8 heteroatoms. The number of nitrogens with one attached hydrogen (secondary N) is 2. The molecule has 0 fully saturated rings. The van der Waals surface area contributed by atoms with Crippen molar-refractivity contribution >= 4 is 15.7 Å². The second-order valence-corrected chi connectivity index (χ2v) is 5.19. The molecule has 0 aliphatic rings. The second-order valence-electron chi connectivity index (χ2n) is 3.51. The maximum atomic E-state index is 11.9. The Morgan fingerprint density at radius 3 is 2.68 bits per heavy atom. The molecule has 0 radical (unpaired) electrons. The van der Waals surface area contributed by atoms with E-state index < -0.39 is 10.0 Å². The van der Waals surface area contributed by atoms with E-state index in [2.05, 4.69) is 14.9 Å². The number of sulfonamides is 1. The van der Waals surface area contributed by atoms with E-state index in [0.717, 1.165) is 0 Å². The number of hydrogen-bond acceptors (Lipinski definition) is 5. The highest BCUT2D eigenvalue weighted by Gasteiger charge is 2.14. The number of anilines is 1. The first-order valence-electron chi connectivity index (χ1n) is 5.23. The van der Waals surface area contributed by atoms with Gasteiger partial charge in [0.2, 0.25) is 0 Å². The zero-order valence-electron chi connectivity index (χ0n) is 9.70. The molecule has 0 aliphatic carbocycles. The van der Waals surface area contributed by atoms with Gasteiger partial charge in [-0.1, -0.05) is 0 Å². The largest absolute Gasteiger partial charge is 0.479 e. The lowest BCUT2D eigenvalue weighted by Crippen LogP contribution is -2.12. The van der Waals surface area contributed by atoms with Crippen molar-refractivity contribution in [3.8, 4) is 11.8 Å². The lowest BCUT2D eigenvalue weighted by molar-refractivity contribution is 0.368. The molecular weight excluding hydrogens is 268 g/mol. The molecule has 1 heterocycles. The molecule has 2 N–H and O–H groups in total. The number of benzene rings is 1. The van der Waals surface area contributed by atoms with Crippen LogP contribution in [0.1, 0.15) is 0 Å². The average Bonchev–Trinajstić information content (AvgIpc) is 2.92. The molecule has 1 aromatic heterocycles. The predicted molar refractivity (Wildman–Crippen MR) is 66.9 cm³/mol. The minimum atomic E-state index is -3.64. The Morgan fingerprint density at radius 2 is 2.11 bits per heavy atom. The first-order valence-corrected chi connectivity index (χ1v) is 6.71. The fourth-order valence-corrected chi connectivity index (χ4v) is 2.30. The van der Waals surface area contributed by atoms with E-state index in [4.69, 9.17) is 10.00 Å². The van der Waals surface area contributed by atoms with Crippen molar-refractivity contribution in [3.05, 3.63) is 36.7 Å². The quantitative estimate of drug-likeness (QED) is 0.851. The average molecular weight is 278 g/mol. The standard InChI is InChI=1S/C11H10N4O3S/c12-5-6-18-10-3-1-9(2-4-10)15-19(16,17)11-7-13-14-8-11/h1-4,7-8,15H,6H2,(H,13,14). The van der Waals surface area contributed by atoms with Gasteiger partial charge in [-0.15, -0.1) is 0 Å². The number of nitrogens with zero attached hydrogens (tertiary/aromatic N) is 2. The highest BCUT2D eigenvalue weighted by molar-refractivity contribution is 7.92. The van der Waals surface area contributed by atoms with Crippen LogP contribution in [0.25, 0.3) is 0 Å². The molecule has 0 unspecified atom stereocenters. The van der Waals surface area contributed by atoms with Crippen LogP contribution in [-0.2, 0) is 10.0 Å². The Kier molecular flexibility index (Phi) is 3.68. The summed E-state index contributed by atoms with van der Waals surface area (Å²) >= 11 is 0. The smallest absolute Gasteiger partial charge is 0.265 e. The van der Waals surface area contributed by atoms with E-state index in [1.165, 1.54) is 12.4 Å². The first-order chi connectivity index (χ1) is 9.12. The summed E-state index contributed by atoms with van der Waals surface area (Å²) in [5.41, 5.74) is 0.394. The molecule has 0 saturated carbocycles. The Balaban J connectivity index is 2.10. The Bertz CT molecular complexity index is 672. The van der Waals surface area contributed by atoms with Crippen LogP contribution in [0.4, 0.5) is 5.69 Å². The van der Waals surface area contributed by atoms with Gasteiger partial charge in [-0.3, -0.25) is 9.82 Å².